The molecule has 0 saturated carbocycles. The smallest absolute Gasteiger partial charge is 0.185 e. The van der Waals surface area contributed by atoms with E-state index >= 15 is 0 Å². The average molecular weight is 590 g/mol. The van der Waals surface area contributed by atoms with Crippen molar-refractivity contribution in [3.05, 3.63) is 139 Å². The Labute approximate surface area is 263 Å². The summed E-state index contributed by atoms with van der Waals surface area (Å²) in [6.45, 7) is 8.38. The van der Waals surface area contributed by atoms with E-state index in [0.717, 1.165) is 39.3 Å². The Kier molecular flexibility index (Phi) is 6.31. The van der Waals surface area contributed by atoms with Crippen molar-refractivity contribution in [3.8, 4) is 5.69 Å². The Balaban J connectivity index is 1.26. The van der Waals surface area contributed by atoms with E-state index in [-0.39, 0.29) is 0 Å². The molecular formula is C40H35N3O2. The van der Waals surface area contributed by atoms with Crippen LogP contribution < -0.4 is 4.90 Å². The number of hydrogen-bond donors (Lipinski definition) is 0. The number of hydrogen-bond acceptors (Lipinski definition) is 4. The number of para-hydroxylation sites is 1. The Morgan fingerprint density at radius 2 is 1.31 bits per heavy atom. The predicted molar refractivity (Wildman–Crippen MR) is 184 cm³/mol. The summed E-state index contributed by atoms with van der Waals surface area (Å²) in [5.74, 6) is 0. The van der Waals surface area contributed by atoms with Crippen LogP contribution in [0.3, 0.4) is 0 Å². The fourth-order valence-corrected chi connectivity index (χ4v) is 6.46. The maximum Gasteiger partial charge on any atom is 0.185 e. The van der Waals surface area contributed by atoms with E-state index in [1.54, 1.807) is 0 Å². The molecular weight excluding hydrogens is 554 g/mol. The third kappa shape index (κ3) is 4.50. The van der Waals surface area contributed by atoms with Gasteiger partial charge in [-0.1, -0.05) is 66.7 Å². The average Bonchev–Trinajstić information content (AvgIpc) is 3.50. The summed E-state index contributed by atoms with van der Waals surface area (Å²) in [6, 6.07) is 43.0. The number of rotatable bonds is 5. The quantitative estimate of drug-likeness (QED) is 0.200. The summed E-state index contributed by atoms with van der Waals surface area (Å²) in [7, 11) is 0. The summed E-state index contributed by atoms with van der Waals surface area (Å²) >= 11 is 0. The minimum absolute atomic E-state index is 0.403. The SMILES string of the molecule is CC1(C)OC(c2ccc3c4ccccc4n(-c4ccc(N(c5cccnc5)c5cccc6ccccc56)cc4)c3c2)OC1(C)C. The second-order valence-electron chi connectivity index (χ2n) is 12.8. The molecule has 0 N–H and O–H groups in total. The van der Waals surface area contributed by atoms with Crippen LogP contribution >= 0.6 is 0 Å². The largest absolute Gasteiger partial charge is 0.339 e. The highest BCUT2D eigenvalue weighted by atomic mass is 16.7. The molecule has 2 aromatic heterocycles. The van der Waals surface area contributed by atoms with Gasteiger partial charge in [0, 0.05) is 39.3 Å². The standard InChI is InChI=1S/C40H35N3O2/c1-39(2)40(3,4)45-38(44-39)28-18-23-34-33-15-7-8-16-36(33)43(37(34)25-28)30-21-19-29(20-22-30)42(31-13-10-24-41-26-31)35-17-9-12-27-11-5-6-14-32(27)35/h5-26,38H,1-4H3. The van der Waals surface area contributed by atoms with Crippen LogP contribution in [0.5, 0.6) is 0 Å². The number of aromatic nitrogens is 2. The zero-order chi connectivity index (χ0) is 30.8. The number of fused-ring (bicyclic) bond motifs is 4. The molecule has 3 heterocycles. The molecule has 0 aliphatic carbocycles. The number of pyridine rings is 1. The summed E-state index contributed by atoms with van der Waals surface area (Å²) in [5, 5.41) is 4.79. The molecule has 0 amide bonds. The second-order valence-corrected chi connectivity index (χ2v) is 12.8. The van der Waals surface area contributed by atoms with E-state index in [2.05, 4.69) is 157 Å². The van der Waals surface area contributed by atoms with E-state index in [1.165, 1.54) is 21.5 Å². The Morgan fingerprint density at radius 3 is 2.07 bits per heavy atom. The van der Waals surface area contributed by atoms with Gasteiger partial charge in [-0.15, -0.1) is 0 Å². The van der Waals surface area contributed by atoms with Gasteiger partial charge in [-0.05, 0) is 87.7 Å². The Bertz CT molecular complexity index is 2160. The van der Waals surface area contributed by atoms with Crippen molar-refractivity contribution in [2.24, 2.45) is 0 Å². The summed E-state index contributed by atoms with van der Waals surface area (Å²) in [5.41, 5.74) is 6.74. The van der Waals surface area contributed by atoms with E-state index < -0.39 is 17.5 Å². The molecule has 1 saturated heterocycles. The molecule has 5 nitrogen and oxygen atoms in total. The van der Waals surface area contributed by atoms with Crippen molar-refractivity contribution in [1.29, 1.82) is 0 Å². The van der Waals surface area contributed by atoms with Crippen molar-refractivity contribution in [3.63, 3.8) is 0 Å². The topological polar surface area (TPSA) is 39.5 Å². The number of anilines is 3. The van der Waals surface area contributed by atoms with Crippen LogP contribution in [-0.2, 0) is 9.47 Å². The van der Waals surface area contributed by atoms with Gasteiger partial charge in [-0.25, -0.2) is 0 Å². The number of ether oxygens (including phenoxy) is 2. The Hall–Kier alpha value is -4.97. The van der Waals surface area contributed by atoms with Crippen LogP contribution in [-0.4, -0.2) is 20.8 Å². The number of nitrogens with zero attached hydrogens (tertiary/aromatic N) is 3. The first-order chi connectivity index (χ1) is 21.8. The maximum atomic E-state index is 6.43. The van der Waals surface area contributed by atoms with Gasteiger partial charge in [0.05, 0.1) is 39.8 Å². The molecule has 45 heavy (non-hydrogen) atoms. The van der Waals surface area contributed by atoms with Crippen molar-refractivity contribution in [2.45, 2.75) is 45.2 Å². The maximum absolute atomic E-state index is 6.43. The zero-order valence-electron chi connectivity index (χ0n) is 25.9. The molecule has 5 aromatic carbocycles. The first-order valence-electron chi connectivity index (χ1n) is 15.5. The minimum atomic E-state index is -0.429. The van der Waals surface area contributed by atoms with Gasteiger partial charge in [0.25, 0.3) is 0 Å². The fourth-order valence-electron chi connectivity index (χ4n) is 6.46. The van der Waals surface area contributed by atoms with Crippen LogP contribution in [0.25, 0.3) is 38.3 Å². The molecule has 0 radical (unpaired) electrons. The van der Waals surface area contributed by atoms with Crippen molar-refractivity contribution in [2.75, 3.05) is 4.90 Å². The highest BCUT2D eigenvalue weighted by Crippen LogP contribution is 2.46. The highest BCUT2D eigenvalue weighted by Gasteiger charge is 2.49. The highest BCUT2D eigenvalue weighted by molar-refractivity contribution is 6.09. The monoisotopic (exact) mass is 589 g/mol. The van der Waals surface area contributed by atoms with E-state index in [9.17, 15) is 0 Å². The molecule has 0 bridgehead atoms. The van der Waals surface area contributed by atoms with Crippen molar-refractivity contribution < 1.29 is 9.47 Å². The summed E-state index contributed by atoms with van der Waals surface area (Å²) in [4.78, 5) is 6.73. The van der Waals surface area contributed by atoms with Gasteiger partial charge in [-0.3, -0.25) is 4.98 Å². The molecule has 1 fully saturated rings. The first-order valence-corrected chi connectivity index (χ1v) is 15.5. The summed E-state index contributed by atoms with van der Waals surface area (Å²) < 4.78 is 15.2. The lowest BCUT2D eigenvalue weighted by Gasteiger charge is -2.30. The van der Waals surface area contributed by atoms with Crippen LogP contribution in [0.2, 0.25) is 0 Å². The molecule has 0 spiro atoms. The van der Waals surface area contributed by atoms with Crippen molar-refractivity contribution in [1.82, 2.24) is 9.55 Å². The molecule has 222 valence electrons. The normalized spacial score (nSPS) is 16.1. The molecule has 5 heteroatoms. The third-order valence-electron chi connectivity index (χ3n) is 9.50. The van der Waals surface area contributed by atoms with E-state index in [1.807, 2.05) is 18.5 Å². The van der Waals surface area contributed by atoms with Gasteiger partial charge in [-0.2, -0.15) is 0 Å². The van der Waals surface area contributed by atoms with Crippen molar-refractivity contribution >= 4 is 49.6 Å². The number of benzene rings is 5. The molecule has 0 atom stereocenters. The van der Waals surface area contributed by atoms with Crippen LogP contribution in [0.4, 0.5) is 17.1 Å². The summed E-state index contributed by atoms with van der Waals surface area (Å²) in [6.07, 6.45) is 3.30. The van der Waals surface area contributed by atoms with Gasteiger partial charge in [0.15, 0.2) is 6.29 Å². The van der Waals surface area contributed by atoms with Gasteiger partial charge in [0.1, 0.15) is 0 Å². The Morgan fingerprint density at radius 1 is 0.622 bits per heavy atom. The zero-order valence-corrected chi connectivity index (χ0v) is 25.9. The lowest BCUT2D eigenvalue weighted by atomic mass is 9.90. The van der Waals surface area contributed by atoms with Crippen LogP contribution in [0, 0.1) is 0 Å². The van der Waals surface area contributed by atoms with Crippen LogP contribution in [0.1, 0.15) is 39.5 Å². The van der Waals surface area contributed by atoms with E-state index in [4.69, 9.17) is 9.47 Å². The first kappa shape index (κ1) is 27.6. The molecule has 7 aromatic rings. The molecule has 1 aliphatic rings. The van der Waals surface area contributed by atoms with E-state index in [0.29, 0.717) is 0 Å². The molecule has 1 aliphatic heterocycles. The minimum Gasteiger partial charge on any atom is -0.339 e. The van der Waals surface area contributed by atoms with Gasteiger partial charge in [0.2, 0.25) is 0 Å². The predicted octanol–water partition coefficient (Wildman–Crippen LogP) is 10.4. The molecule has 0 unspecified atom stereocenters. The van der Waals surface area contributed by atoms with Gasteiger partial charge >= 0.3 is 0 Å². The van der Waals surface area contributed by atoms with Crippen LogP contribution in [0.15, 0.2) is 134 Å². The lowest BCUT2D eigenvalue weighted by molar-refractivity contribution is -0.0895. The van der Waals surface area contributed by atoms with Gasteiger partial charge < -0.3 is 18.9 Å². The third-order valence-corrected chi connectivity index (χ3v) is 9.50. The fraction of sp³-hybridized carbons (Fsp3) is 0.175. The second kappa shape index (κ2) is 10.3. The lowest BCUT2D eigenvalue weighted by Crippen LogP contribution is -2.41. The molecule has 8 rings (SSSR count).